The predicted molar refractivity (Wildman–Crippen MR) is 108 cm³/mol. The van der Waals surface area contributed by atoms with Gasteiger partial charge >= 0.3 is 0 Å². The summed E-state index contributed by atoms with van der Waals surface area (Å²) in [5.74, 6) is 1.84. The van der Waals surface area contributed by atoms with Gasteiger partial charge in [0.2, 0.25) is 0 Å². The summed E-state index contributed by atoms with van der Waals surface area (Å²) in [6.07, 6.45) is 8.54. The molecule has 2 aliphatic heterocycles. The van der Waals surface area contributed by atoms with Gasteiger partial charge in [0.15, 0.2) is 0 Å². The molecule has 0 aromatic rings. The van der Waals surface area contributed by atoms with E-state index in [1.54, 1.807) is 0 Å². The van der Waals surface area contributed by atoms with Crippen molar-refractivity contribution in [1.82, 2.24) is 14.7 Å². The average Bonchev–Trinajstić information content (AvgIpc) is 2.60. The number of piperidine rings is 1. The largest absolute Gasteiger partial charge is 0.304 e. The molecule has 0 radical (unpaired) electrons. The quantitative estimate of drug-likeness (QED) is 0.614. The standard InChI is InChI=1S/C19H39N3.C2H6/c1-18(2)7-5-4-6-10-21-11-8-19(9-12-21)17-22-15-13-20(3)14-16-22;1-2/h18-19H,4-17H2,1-3H3;1-2H3. The lowest BCUT2D eigenvalue weighted by molar-refractivity contribution is 0.105. The van der Waals surface area contributed by atoms with Gasteiger partial charge in [-0.05, 0) is 57.8 Å². The fraction of sp³-hybridized carbons (Fsp3) is 1.00. The third kappa shape index (κ3) is 9.39. The van der Waals surface area contributed by atoms with Gasteiger partial charge in [-0.2, -0.15) is 0 Å². The zero-order valence-corrected chi connectivity index (χ0v) is 17.4. The van der Waals surface area contributed by atoms with E-state index in [-0.39, 0.29) is 0 Å². The van der Waals surface area contributed by atoms with Crippen LogP contribution in [-0.4, -0.2) is 74.1 Å². The minimum atomic E-state index is 0.880. The Morgan fingerprint density at radius 1 is 0.792 bits per heavy atom. The predicted octanol–water partition coefficient (Wildman–Crippen LogP) is 4.19. The van der Waals surface area contributed by atoms with Crippen LogP contribution in [0.1, 0.15) is 66.2 Å². The van der Waals surface area contributed by atoms with Crippen LogP contribution in [0, 0.1) is 11.8 Å². The molecular weight excluding hydrogens is 294 g/mol. The number of nitrogens with zero attached hydrogens (tertiary/aromatic N) is 3. The summed E-state index contributed by atoms with van der Waals surface area (Å²) < 4.78 is 0. The molecular formula is C21H45N3. The zero-order chi connectivity index (χ0) is 17.8. The second kappa shape index (κ2) is 13.1. The van der Waals surface area contributed by atoms with Crippen LogP contribution in [0.25, 0.3) is 0 Å². The van der Waals surface area contributed by atoms with Crippen molar-refractivity contribution in [3.05, 3.63) is 0 Å². The third-order valence-corrected chi connectivity index (χ3v) is 5.58. The molecule has 0 aliphatic carbocycles. The second-order valence-electron chi connectivity index (χ2n) is 8.13. The van der Waals surface area contributed by atoms with E-state index in [4.69, 9.17) is 0 Å². The van der Waals surface area contributed by atoms with Gasteiger partial charge < -0.3 is 14.7 Å². The van der Waals surface area contributed by atoms with Gasteiger partial charge in [-0.25, -0.2) is 0 Å². The van der Waals surface area contributed by atoms with Gasteiger partial charge in [-0.1, -0.05) is 47.0 Å². The van der Waals surface area contributed by atoms with E-state index < -0.39 is 0 Å². The number of hydrogen-bond acceptors (Lipinski definition) is 3. The van der Waals surface area contributed by atoms with E-state index in [2.05, 4.69) is 35.6 Å². The topological polar surface area (TPSA) is 9.72 Å². The van der Waals surface area contributed by atoms with Crippen molar-refractivity contribution in [2.24, 2.45) is 11.8 Å². The molecule has 3 heteroatoms. The number of likely N-dealkylation sites (tertiary alicyclic amines) is 1. The Morgan fingerprint density at radius 3 is 2.00 bits per heavy atom. The molecule has 0 unspecified atom stereocenters. The van der Waals surface area contributed by atoms with Crippen LogP contribution in [-0.2, 0) is 0 Å². The first-order valence-corrected chi connectivity index (χ1v) is 10.8. The molecule has 2 rings (SSSR count). The van der Waals surface area contributed by atoms with E-state index in [0.717, 1.165) is 11.8 Å². The highest BCUT2D eigenvalue weighted by molar-refractivity contribution is 4.77. The lowest BCUT2D eigenvalue weighted by Gasteiger charge is -2.38. The summed E-state index contributed by atoms with van der Waals surface area (Å²) in [6, 6.07) is 0. The summed E-state index contributed by atoms with van der Waals surface area (Å²) in [5, 5.41) is 0. The Balaban J connectivity index is 0.00000139. The van der Waals surface area contributed by atoms with Crippen LogP contribution in [0.4, 0.5) is 0 Å². The first kappa shape index (κ1) is 21.9. The Kier molecular flexibility index (Phi) is 12.0. The lowest BCUT2D eigenvalue weighted by atomic mass is 9.95. The van der Waals surface area contributed by atoms with E-state index in [9.17, 15) is 0 Å². The molecule has 0 aromatic heterocycles. The molecule has 2 heterocycles. The highest BCUT2D eigenvalue weighted by Gasteiger charge is 2.22. The minimum Gasteiger partial charge on any atom is -0.304 e. The smallest absolute Gasteiger partial charge is 0.0110 e. The van der Waals surface area contributed by atoms with Crippen LogP contribution in [0.15, 0.2) is 0 Å². The lowest BCUT2D eigenvalue weighted by Crippen LogP contribution is -2.47. The Morgan fingerprint density at radius 2 is 1.42 bits per heavy atom. The SMILES string of the molecule is CC.CC(C)CCCCCN1CCC(CN2CCN(C)CC2)CC1. The second-order valence-corrected chi connectivity index (χ2v) is 8.13. The van der Waals surface area contributed by atoms with E-state index in [0.29, 0.717) is 0 Å². The number of hydrogen-bond donors (Lipinski definition) is 0. The van der Waals surface area contributed by atoms with E-state index >= 15 is 0 Å². The summed E-state index contributed by atoms with van der Waals surface area (Å²) in [7, 11) is 2.25. The van der Waals surface area contributed by atoms with Crippen molar-refractivity contribution in [2.75, 3.05) is 59.4 Å². The first-order valence-electron chi connectivity index (χ1n) is 10.8. The number of piperazine rings is 1. The zero-order valence-electron chi connectivity index (χ0n) is 17.4. The fourth-order valence-electron chi connectivity index (χ4n) is 3.85. The highest BCUT2D eigenvalue weighted by Crippen LogP contribution is 2.20. The number of likely N-dealkylation sites (N-methyl/N-ethyl adjacent to an activating group) is 1. The highest BCUT2D eigenvalue weighted by atomic mass is 15.2. The molecule has 2 fully saturated rings. The van der Waals surface area contributed by atoms with Crippen LogP contribution in [0.5, 0.6) is 0 Å². The Labute approximate surface area is 152 Å². The third-order valence-electron chi connectivity index (χ3n) is 5.58. The molecule has 0 N–H and O–H groups in total. The normalized spacial score (nSPS) is 21.8. The Hall–Kier alpha value is -0.120. The molecule has 0 saturated carbocycles. The number of rotatable bonds is 8. The van der Waals surface area contributed by atoms with Gasteiger partial charge in [0.25, 0.3) is 0 Å². The van der Waals surface area contributed by atoms with Gasteiger partial charge in [0, 0.05) is 32.7 Å². The molecule has 0 aromatic carbocycles. The van der Waals surface area contributed by atoms with Crippen molar-refractivity contribution in [2.45, 2.75) is 66.2 Å². The van der Waals surface area contributed by atoms with Gasteiger partial charge in [-0.15, -0.1) is 0 Å². The van der Waals surface area contributed by atoms with Crippen molar-refractivity contribution >= 4 is 0 Å². The van der Waals surface area contributed by atoms with E-state index in [1.165, 1.54) is 90.9 Å². The minimum absolute atomic E-state index is 0.880. The molecule has 0 atom stereocenters. The monoisotopic (exact) mass is 339 g/mol. The maximum atomic E-state index is 2.72. The summed E-state index contributed by atoms with van der Waals surface area (Å²) >= 11 is 0. The Bertz CT molecular complexity index is 277. The van der Waals surface area contributed by atoms with Crippen LogP contribution in [0.2, 0.25) is 0 Å². The van der Waals surface area contributed by atoms with Crippen molar-refractivity contribution in [3.63, 3.8) is 0 Å². The molecule has 0 spiro atoms. The van der Waals surface area contributed by atoms with Crippen molar-refractivity contribution < 1.29 is 0 Å². The maximum absolute atomic E-state index is 2.72. The molecule has 2 aliphatic rings. The molecule has 144 valence electrons. The molecule has 3 nitrogen and oxygen atoms in total. The van der Waals surface area contributed by atoms with Gasteiger partial charge in [0.1, 0.15) is 0 Å². The number of unbranched alkanes of at least 4 members (excludes halogenated alkanes) is 2. The summed E-state index contributed by atoms with van der Waals surface area (Å²) in [5.41, 5.74) is 0. The molecule has 0 bridgehead atoms. The van der Waals surface area contributed by atoms with E-state index in [1.807, 2.05) is 13.8 Å². The first-order chi connectivity index (χ1) is 11.6. The summed E-state index contributed by atoms with van der Waals surface area (Å²) in [4.78, 5) is 7.88. The molecule has 0 amide bonds. The van der Waals surface area contributed by atoms with Crippen LogP contribution in [0.3, 0.4) is 0 Å². The van der Waals surface area contributed by atoms with Gasteiger partial charge in [0.05, 0.1) is 0 Å². The average molecular weight is 340 g/mol. The fourth-order valence-corrected chi connectivity index (χ4v) is 3.85. The van der Waals surface area contributed by atoms with Gasteiger partial charge in [-0.3, -0.25) is 0 Å². The molecule has 24 heavy (non-hydrogen) atoms. The summed E-state index contributed by atoms with van der Waals surface area (Å²) in [6.45, 7) is 19.2. The maximum Gasteiger partial charge on any atom is 0.0110 e. The molecule has 2 saturated heterocycles. The van der Waals surface area contributed by atoms with Crippen molar-refractivity contribution in [3.8, 4) is 0 Å². The van der Waals surface area contributed by atoms with Crippen LogP contribution < -0.4 is 0 Å². The van der Waals surface area contributed by atoms with Crippen molar-refractivity contribution in [1.29, 1.82) is 0 Å². The van der Waals surface area contributed by atoms with Crippen LogP contribution >= 0.6 is 0 Å².